The van der Waals surface area contributed by atoms with Crippen LogP contribution in [0, 0.1) is 5.41 Å². The lowest BCUT2D eigenvalue weighted by Crippen LogP contribution is -2.50. The maximum atomic E-state index is 12.6. The van der Waals surface area contributed by atoms with Crippen molar-refractivity contribution in [2.24, 2.45) is 5.41 Å². The Balaban J connectivity index is 1.82. The van der Waals surface area contributed by atoms with E-state index in [0.29, 0.717) is 38.2 Å². The monoisotopic (exact) mass is 289 g/mol. The van der Waals surface area contributed by atoms with Crippen LogP contribution in [-0.4, -0.2) is 48.2 Å². The highest BCUT2D eigenvalue weighted by atomic mass is 16.5. The lowest BCUT2D eigenvalue weighted by atomic mass is 9.79. The van der Waals surface area contributed by atoms with Gasteiger partial charge in [-0.15, -0.1) is 0 Å². The number of hydrogen-bond donors (Lipinski definition) is 1. The summed E-state index contributed by atoms with van der Waals surface area (Å²) in [5, 5.41) is 9.61. The van der Waals surface area contributed by atoms with E-state index in [9.17, 15) is 14.7 Å². The van der Waals surface area contributed by atoms with Gasteiger partial charge < -0.3 is 14.7 Å². The molecule has 0 unspecified atom stereocenters. The summed E-state index contributed by atoms with van der Waals surface area (Å²) in [5.74, 6) is -0.874. The van der Waals surface area contributed by atoms with Gasteiger partial charge in [0.2, 0.25) is 0 Å². The fourth-order valence-electron chi connectivity index (χ4n) is 3.19. The molecule has 1 fully saturated rings. The van der Waals surface area contributed by atoms with E-state index in [4.69, 9.17) is 4.74 Å². The molecular formula is C16H19NO4. The Labute approximate surface area is 123 Å². The van der Waals surface area contributed by atoms with Gasteiger partial charge in [-0.2, -0.15) is 0 Å². The molecule has 0 aromatic heterocycles. The van der Waals surface area contributed by atoms with Crippen LogP contribution >= 0.6 is 0 Å². The highest BCUT2D eigenvalue weighted by Gasteiger charge is 2.43. The topological polar surface area (TPSA) is 66.8 Å². The van der Waals surface area contributed by atoms with Crippen molar-refractivity contribution in [1.29, 1.82) is 0 Å². The molecule has 2 aliphatic rings. The van der Waals surface area contributed by atoms with Gasteiger partial charge in [-0.3, -0.25) is 9.59 Å². The predicted molar refractivity (Wildman–Crippen MR) is 76.2 cm³/mol. The molecule has 1 amide bonds. The Kier molecular flexibility index (Phi) is 3.68. The molecule has 1 aromatic carbocycles. The number of nitrogens with zero attached hydrogens (tertiary/aromatic N) is 1. The number of fused-ring (bicyclic) bond motifs is 1. The van der Waals surface area contributed by atoms with Gasteiger partial charge >= 0.3 is 5.97 Å². The lowest BCUT2D eigenvalue weighted by Gasteiger charge is -2.39. The molecule has 5 heteroatoms. The van der Waals surface area contributed by atoms with E-state index in [1.807, 2.05) is 24.3 Å². The van der Waals surface area contributed by atoms with Crippen molar-refractivity contribution in [3.05, 3.63) is 35.4 Å². The Hall–Kier alpha value is -1.88. The van der Waals surface area contributed by atoms with Crippen LogP contribution in [0.15, 0.2) is 24.3 Å². The van der Waals surface area contributed by atoms with Gasteiger partial charge in [0.25, 0.3) is 5.91 Å². The molecule has 1 saturated heterocycles. The number of hydrogen-bond acceptors (Lipinski definition) is 3. The normalized spacial score (nSPS) is 21.0. The van der Waals surface area contributed by atoms with Gasteiger partial charge in [-0.1, -0.05) is 18.2 Å². The third-order valence-corrected chi connectivity index (χ3v) is 4.58. The zero-order chi connectivity index (χ0) is 14.9. The molecule has 0 bridgehead atoms. The quantitative estimate of drug-likeness (QED) is 0.917. The third kappa shape index (κ3) is 2.53. The molecule has 112 valence electrons. The van der Waals surface area contributed by atoms with Crippen LogP contribution in [0.2, 0.25) is 0 Å². The molecule has 0 spiro atoms. The molecule has 5 nitrogen and oxygen atoms in total. The molecule has 2 aliphatic heterocycles. The average molecular weight is 289 g/mol. The fourth-order valence-corrected chi connectivity index (χ4v) is 3.19. The van der Waals surface area contributed by atoms with Crippen molar-refractivity contribution >= 4 is 11.9 Å². The number of amides is 1. The molecule has 0 saturated carbocycles. The predicted octanol–water partition coefficient (Wildman–Crippen LogP) is 1.57. The third-order valence-electron chi connectivity index (χ3n) is 4.58. The first kappa shape index (κ1) is 14.1. The number of carboxylic acid groups (broad SMARTS) is 1. The van der Waals surface area contributed by atoms with Gasteiger partial charge in [0.05, 0.1) is 5.41 Å². The standard InChI is InChI=1S/C16H19NO4/c18-14-13-4-2-1-3-12(13)5-8-17(14)11-16(15(19)20)6-9-21-10-7-16/h1-4H,5-11H2,(H,19,20). The average Bonchev–Trinajstić information content (AvgIpc) is 2.51. The largest absolute Gasteiger partial charge is 0.481 e. The number of rotatable bonds is 3. The molecule has 21 heavy (non-hydrogen) atoms. The van der Waals surface area contributed by atoms with Crippen molar-refractivity contribution < 1.29 is 19.4 Å². The summed E-state index contributed by atoms with van der Waals surface area (Å²) in [7, 11) is 0. The fraction of sp³-hybridized carbons (Fsp3) is 0.500. The zero-order valence-corrected chi connectivity index (χ0v) is 11.9. The summed E-state index contributed by atoms with van der Waals surface area (Å²) < 4.78 is 5.28. The summed E-state index contributed by atoms with van der Waals surface area (Å²) in [4.78, 5) is 26.0. The first-order valence-electron chi connectivity index (χ1n) is 7.31. The van der Waals surface area contributed by atoms with Crippen LogP contribution in [0.25, 0.3) is 0 Å². The van der Waals surface area contributed by atoms with E-state index >= 15 is 0 Å². The van der Waals surface area contributed by atoms with E-state index in [1.54, 1.807) is 4.90 Å². The molecule has 1 aromatic rings. The zero-order valence-electron chi connectivity index (χ0n) is 11.9. The maximum Gasteiger partial charge on any atom is 0.311 e. The molecule has 0 atom stereocenters. The Morgan fingerprint density at radius 1 is 1.29 bits per heavy atom. The van der Waals surface area contributed by atoms with Gasteiger partial charge in [0.15, 0.2) is 0 Å². The lowest BCUT2D eigenvalue weighted by molar-refractivity contribution is -0.156. The summed E-state index contributed by atoms with van der Waals surface area (Å²) in [6.07, 6.45) is 1.72. The summed E-state index contributed by atoms with van der Waals surface area (Å²) in [6, 6.07) is 7.56. The Morgan fingerprint density at radius 2 is 2.00 bits per heavy atom. The van der Waals surface area contributed by atoms with E-state index < -0.39 is 11.4 Å². The smallest absolute Gasteiger partial charge is 0.311 e. The van der Waals surface area contributed by atoms with Gasteiger partial charge in [-0.05, 0) is 30.9 Å². The second kappa shape index (κ2) is 5.48. The van der Waals surface area contributed by atoms with Crippen LogP contribution in [0.3, 0.4) is 0 Å². The minimum atomic E-state index is -0.861. The van der Waals surface area contributed by atoms with Gasteiger partial charge in [-0.25, -0.2) is 0 Å². The Bertz CT molecular complexity index is 563. The number of carbonyl (C=O) groups is 2. The van der Waals surface area contributed by atoms with E-state index in [1.165, 1.54) is 0 Å². The first-order valence-corrected chi connectivity index (χ1v) is 7.31. The Morgan fingerprint density at radius 3 is 2.71 bits per heavy atom. The van der Waals surface area contributed by atoms with Crippen LogP contribution < -0.4 is 0 Å². The van der Waals surface area contributed by atoms with Crippen LogP contribution in [0.4, 0.5) is 0 Å². The van der Waals surface area contributed by atoms with Crippen LogP contribution in [-0.2, 0) is 16.0 Å². The molecule has 0 radical (unpaired) electrons. The van der Waals surface area contributed by atoms with Crippen molar-refractivity contribution in [3.63, 3.8) is 0 Å². The molecule has 3 rings (SSSR count). The molecular weight excluding hydrogens is 270 g/mol. The first-order chi connectivity index (χ1) is 10.1. The summed E-state index contributed by atoms with van der Waals surface area (Å²) >= 11 is 0. The van der Waals surface area contributed by atoms with Crippen molar-refractivity contribution in [2.45, 2.75) is 19.3 Å². The van der Waals surface area contributed by atoms with Crippen molar-refractivity contribution in [2.75, 3.05) is 26.3 Å². The van der Waals surface area contributed by atoms with Crippen LogP contribution in [0.5, 0.6) is 0 Å². The van der Waals surface area contributed by atoms with Gasteiger partial charge in [0.1, 0.15) is 0 Å². The van der Waals surface area contributed by atoms with Crippen LogP contribution in [0.1, 0.15) is 28.8 Å². The minimum Gasteiger partial charge on any atom is -0.481 e. The minimum absolute atomic E-state index is 0.0519. The van der Waals surface area contributed by atoms with E-state index in [0.717, 1.165) is 12.0 Å². The number of carboxylic acids is 1. The summed E-state index contributed by atoms with van der Waals surface area (Å²) in [5.41, 5.74) is 0.895. The van der Waals surface area contributed by atoms with E-state index in [-0.39, 0.29) is 12.5 Å². The van der Waals surface area contributed by atoms with E-state index in [2.05, 4.69) is 0 Å². The van der Waals surface area contributed by atoms with Crippen molar-refractivity contribution in [3.8, 4) is 0 Å². The van der Waals surface area contributed by atoms with Crippen molar-refractivity contribution in [1.82, 2.24) is 4.90 Å². The number of carbonyl (C=O) groups excluding carboxylic acids is 1. The second-order valence-corrected chi connectivity index (χ2v) is 5.83. The molecule has 1 N–H and O–H groups in total. The number of aliphatic carboxylic acids is 1. The molecule has 2 heterocycles. The summed E-state index contributed by atoms with van der Waals surface area (Å²) in [6.45, 7) is 1.76. The SMILES string of the molecule is O=C1c2ccccc2CCN1CC1(C(=O)O)CCOCC1. The second-order valence-electron chi connectivity index (χ2n) is 5.83. The highest BCUT2D eigenvalue weighted by molar-refractivity contribution is 5.97. The highest BCUT2D eigenvalue weighted by Crippen LogP contribution is 2.33. The van der Waals surface area contributed by atoms with Gasteiger partial charge in [0, 0.05) is 31.9 Å². The number of benzene rings is 1. The maximum absolute atomic E-state index is 12.6. The number of ether oxygens (including phenoxy) is 1. The molecule has 0 aliphatic carbocycles.